The molecule has 1 amide bonds. The molecule has 2 aromatic rings. The number of hydrogen-bond acceptors (Lipinski definition) is 7. The summed E-state index contributed by atoms with van der Waals surface area (Å²) in [4.78, 5) is 45.3. The van der Waals surface area contributed by atoms with Gasteiger partial charge in [-0.2, -0.15) is 0 Å². The van der Waals surface area contributed by atoms with Crippen LogP contribution < -0.4 is 21.3 Å². The van der Waals surface area contributed by atoms with Crippen molar-refractivity contribution in [2.45, 2.75) is 85.4 Å². The van der Waals surface area contributed by atoms with Gasteiger partial charge in [0.05, 0.1) is 43.1 Å². The van der Waals surface area contributed by atoms with Gasteiger partial charge in [0.1, 0.15) is 18.0 Å². The number of hydrogen-bond donors (Lipinski definition) is 1. The molecule has 1 aromatic carbocycles. The smallest absolute Gasteiger partial charge is 0.331 e. The highest BCUT2D eigenvalue weighted by atomic mass is 16.6. The molecule has 0 radical (unpaired) electrons. The number of nitrogens with zero attached hydrogens (tertiary/aromatic N) is 3. The lowest BCUT2D eigenvalue weighted by molar-refractivity contribution is -0.132. The predicted molar refractivity (Wildman–Crippen MR) is 141 cm³/mol. The summed E-state index contributed by atoms with van der Waals surface area (Å²) in [5.74, 6) is 0.105. The Kier molecular flexibility index (Phi) is 8.63. The number of benzene rings is 1. The minimum absolute atomic E-state index is 0.0755. The van der Waals surface area contributed by atoms with Crippen LogP contribution in [0.2, 0.25) is 0 Å². The molecular formula is C27H38N4O6. The lowest BCUT2D eigenvalue weighted by Gasteiger charge is -2.38. The lowest BCUT2D eigenvalue weighted by Crippen LogP contribution is -2.56. The van der Waals surface area contributed by atoms with Crippen LogP contribution in [0.3, 0.4) is 0 Å². The van der Waals surface area contributed by atoms with Crippen LogP contribution in [0.5, 0.6) is 5.75 Å². The van der Waals surface area contributed by atoms with Crippen LogP contribution in [-0.4, -0.2) is 45.6 Å². The molecule has 0 saturated heterocycles. The average molecular weight is 515 g/mol. The molecule has 2 atom stereocenters. The Balaban J connectivity index is 2.26. The van der Waals surface area contributed by atoms with Gasteiger partial charge in [-0.1, -0.05) is 37.2 Å². The van der Waals surface area contributed by atoms with Gasteiger partial charge in [0, 0.05) is 17.7 Å². The summed E-state index contributed by atoms with van der Waals surface area (Å²) in [6, 6.07) is 6.74. The van der Waals surface area contributed by atoms with Gasteiger partial charge in [0.25, 0.3) is 5.56 Å². The monoisotopic (exact) mass is 514 g/mol. The van der Waals surface area contributed by atoms with Crippen molar-refractivity contribution in [1.29, 1.82) is 0 Å². The second-order valence-corrected chi connectivity index (χ2v) is 10.4. The Hall–Kier alpha value is -3.40. The Morgan fingerprint density at radius 3 is 2.46 bits per heavy atom. The Morgan fingerprint density at radius 2 is 1.84 bits per heavy atom. The highest BCUT2D eigenvalue weighted by molar-refractivity contribution is 5.97. The SMILES string of the molecule is COc1ccccc1C1Cn2cc(/C(C)=N/OC(C)C)c(=O)n(c2=O)C[C@@H](NC(=O)C(C)C)C(C)(C)O1. The maximum Gasteiger partial charge on any atom is 0.331 e. The van der Waals surface area contributed by atoms with Gasteiger partial charge in [-0.3, -0.25) is 18.7 Å². The molecule has 202 valence electrons. The number of oxime groups is 1. The quantitative estimate of drug-likeness (QED) is 0.449. The van der Waals surface area contributed by atoms with Gasteiger partial charge in [-0.15, -0.1) is 0 Å². The third kappa shape index (κ3) is 6.30. The molecule has 1 aliphatic rings. The molecular weight excluding hydrogens is 476 g/mol. The van der Waals surface area contributed by atoms with E-state index in [2.05, 4.69) is 10.5 Å². The second kappa shape index (κ2) is 11.3. The van der Waals surface area contributed by atoms with Crippen LogP contribution in [0, 0.1) is 5.92 Å². The van der Waals surface area contributed by atoms with Crippen molar-refractivity contribution in [3.05, 3.63) is 62.4 Å². The number of amides is 1. The van der Waals surface area contributed by atoms with E-state index >= 15 is 0 Å². The summed E-state index contributed by atoms with van der Waals surface area (Å²) < 4.78 is 14.8. The minimum Gasteiger partial charge on any atom is -0.496 e. The first-order valence-electron chi connectivity index (χ1n) is 12.5. The van der Waals surface area contributed by atoms with Gasteiger partial charge in [-0.05, 0) is 40.7 Å². The van der Waals surface area contributed by atoms with E-state index in [0.717, 1.165) is 10.1 Å². The first kappa shape index (κ1) is 28.2. The summed E-state index contributed by atoms with van der Waals surface area (Å²) in [5, 5.41) is 7.09. The van der Waals surface area contributed by atoms with E-state index < -0.39 is 29.0 Å². The van der Waals surface area contributed by atoms with Crippen LogP contribution in [0.4, 0.5) is 0 Å². The molecule has 1 unspecified atom stereocenters. The number of carbonyl (C=O) groups is 1. The highest BCUT2D eigenvalue weighted by Crippen LogP contribution is 2.34. The van der Waals surface area contributed by atoms with Crippen molar-refractivity contribution in [2.75, 3.05) is 7.11 Å². The third-order valence-corrected chi connectivity index (χ3v) is 6.37. The van der Waals surface area contributed by atoms with Crippen LogP contribution in [0.25, 0.3) is 0 Å². The molecule has 0 spiro atoms. The van der Waals surface area contributed by atoms with E-state index in [1.54, 1.807) is 27.9 Å². The summed E-state index contributed by atoms with van der Waals surface area (Å²) in [6.07, 6.45) is 0.698. The number of para-hydroxylation sites is 1. The summed E-state index contributed by atoms with van der Waals surface area (Å²) >= 11 is 0. The van der Waals surface area contributed by atoms with Crippen LogP contribution in [0.1, 0.15) is 65.7 Å². The first-order valence-corrected chi connectivity index (χ1v) is 12.5. The molecule has 1 aromatic heterocycles. The lowest BCUT2D eigenvalue weighted by atomic mass is 9.96. The van der Waals surface area contributed by atoms with E-state index in [9.17, 15) is 14.4 Å². The normalized spacial score (nSPS) is 19.7. The molecule has 1 N–H and O–H groups in total. The molecule has 1 aliphatic heterocycles. The summed E-state index contributed by atoms with van der Waals surface area (Å²) in [5.41, 5.74) is -0.653. The number of nitrogens with one attached hydrogen (secondary N) is 1. The van der Waals surface area contributed by atoms with Gasteiger partial charge in [0.15, 0.2) is 0 Å². The second-order valence-electron chi connectivity index (χ2n) is 10.4. The van der Waals surface area contributed by atoms with Gasteiger partial charge in [0.2, 0.25) is 5.91 Å². The molecule has 2 heterocycles. The largest absolute Gasteiger partial charge is 0.496 e. The molecule has 0 fully saturated rings. The zero-order valence-electron chi connectivity index (χ0n) is 22.9. The van der Waals surface area contributed by atoms with Crippen LogP contribution in [0.15, 0.2) is 45.2 Å². The van der Waals surface area contributed by atoms with E-state index in [0.29, 0.717) is 11.5 Å². The fourth-order valence-electron chi connectivity index (χ4n) is 4.15. The van der Waals surface area contributed by atoms with Crippen molar-refractivity contribution < 1.29 is 19.1 Å². The summed E-state index contributed by atoms with van der Waals surface area (Å²) in [6.45, 7) is 12.6. The number of carbonyl (C=O) groups excluding carboxylic acids is 1. The van der Waals surface area contributed by atoms with Gasteiger partial charge >= 0.3 is 5.69 Å². The standard InChI is InChI=1S/C27H38N4O6/c1-16(2)24(32)28-23-15-31-25(33)20(18(5)29-37-17(3)4)13-30(26(31)34)14-22(36-27(23,6)7)19-11-9-10-12-21(19)35-8/h9-13,16-17,22-23H,14-15H2,1-8H3,(H,28,32)/b29-18+/t22?,23-/m1/s1. The fraction of sp³-hybridized carbons (Fsp3) is 0.556. The minimum atomic E-state index is -0.959. The number of rotatable bonds is 7. The molecule has 10 nitrogen and oxygen atoms in total. The van der Waals surface area contributed by atoms with Crippen molar-refractivity contribution in [3.8, 4) is 5.75 Å². The van der Waals surface area contributed by atoms with E-state index in [1.165, 1.54) is 10.8 Å². The third-order valence-electron chi connectivity index (χ3n) is 6.37. The molecule has 0 saturated carbocycles. The van der Waals surface area contributed by atoms with Crippen molar-refractivity contribution in [3.63, 3.8) is 0 Å². The van der Waals surface area contributed by atoms with Crippen LogP contribution >= 0.6 is 0 Å². The van der Waals surface area contributed by atoms with E-state index in [-0.39, 0.29) is 36.6 Å². The maximum absolute atomic E-state index is 13.6. The topological polar surface area (TPSA) is 113 Å². The van der Waals surface area contributed by atoms with E-state index in [1.807, 2.05) is 52.0 Å². The number of aromatic nitrogens is 2. The number of methoxy groups -OCH3 is 1. The first-order chi connectivity index (χ1) is 17.4. The predicted octanol–water partition coefficient (Wildman–Crippen LogP) is 2.86. The van der Waals surface area contributed by atoms with Gasteiger partial charge in [-0.25, -0.2) is 4.79 Å². The average Bonchev–Trinajstić information content (AvgIpc) is 2.86. The Morgan fingerprint density at radius 1 is 1.16 bits per heavy atom. The number of ether oxygens (including phenoxy) is 2. The van der Waals surface area contributed by atoms with Crippen LogP contribution in [-0.2, 0) is 27.5 Å². The zero-order valence-corrected chi connectivity index (χ0v) is 22.9. The fourth-order valence-corrected chi connectivity index (χ4v) is 4.15. The maximum atomic E-state index is 13.6. The summed E-state index contributed by atoms with van der Waals surface area (Å²) in [7, 11) is 1.57. The van der Waals surface area contributed by atoms with Crippen molar-refractivity contribution >= 4 is 11.6 Å². The van der Waals surface area contributed by atoms with Crippen molar-refractivity contribution in [1.82, 2.24) is 14.5 Å². The molecule has 10 heteroatoms. The molecule has 2 bridgehead atoms. The van der Waals surface area contributed by atoms with E-state index in [4.69, 9.17) is 14.3 Å². The highest BCUT2D eigenvalue weighted by Gasteiger charge is 2.38. The van der Waals surface area contributed by atoms with Gasteiger partial charge < -0.3 is 19.6 Å². The van der Waals surface area contributed by atoms with Crippen molar-refractivity contribution in [2.24, 2.45) is 11.1 Å². The molecule has 0 aliphatic carbocycles. The molecule has 37 heavy (non-hydrogen) atoms. The number of fused-ring (bicyclic) bond motifs is 2. The zero-order chi connectivity index (χ0) is 27.5. The molecule has 3 rings (SSSR count). The Labute approximate surface area is 217 Å². The Bertz CT molecular complexity index is 1270.